The Balaban J connectivity index is 1.92. The molecule has 0 fully saturated rings. The second kappa shape index (κ2) is 6.26. The fourth-order valence-electron chi connectivity index (χ4n) is 2.38. The Bertz CT molecular complexity index is 936. The number of benzene rings is 1. The standard InChI is InChI=1S/C15H14F2N4O3/c1-21-7-9-13(20-21)14(22)19-12(18-9)6-8-3-4-10(24-15(16)17)11(5-8)23-2/h3-5,7,15H,6H2,1-2H3,(H,18,19,22). The largest absolute Gasteiger partial charge is 0.493 e. The maximum absolute atomic E-state index is 12.3. The third-order valence-electron chi connectivity index (χ3n) is 3.35. The van der Waals surface area contributed by atoms with E-state index in [1.165, 1.54) is 17.9 Å². The second-order valence-electron chi connectivity index (χ2n) is 5.09. The highest BCUT2D eigenvalue weighted by Crippen LogP contribution is 2.30. The number of aryl methyl sites for hydroxylation is 1. The minimum Gasteiger partial charge on any atom is -0.493 e. The zero-order valence-corrected chi connectivity index (χ0v) is 12.9. The van der Waals surface area contributed by atoms with Gasteiger partial charge in [0.1, 0.15) is 11.3 Å². The molecule has 0 aliphatic rings. The molecule has 2 heterocycles. The summed E-state index contributed by atoms with van der Waals surface area (Å²) < 4.78 is 35.6. The van der Waals surface area contributed by atoms with Crippen LogP contribution >= 0.6 is 0 Å². The fourth-order valence-corrected chi connectivity index (χ4v) is 2.38. The van der Waals surface area contributed by atoms with Gasteiger partial charge in [-0.25, -0.2) is 4.98 Å². The molecule has 0 saturated heterocycles. The van der Waals surface area contributed by atoms with E-state index in [0.717, 1.165) is 5.56 Å². The monoisotopic (exact) mass is 336 g/mol. The summed E-state index contributed by atoms with van der Waals surface area (Å²) in [7, 11) is 3.06. The lowest BCUT2D eigenvalue weighted by Gasteiger charge is -2.11. The molecule has 0 amide bonds. The number of fused-ring (bicyclic) bond motifs is 1. The van der Waals surface area contributed by atoms with Crippen molar-refractivity contribution >= 4 is 11.0 Å². The van der Waals surface area contributed by atoms with E-state index in [0.29, 0.717) is 17.8 Å². The minimum absolute atomic E-state index is 0.0552. The van der Waals surface area contributed by atoms with Crippen molar-refractivity contribution in [2.75, 3.05) is 7.11 Å². The van der Waals surface area contributed by atoms with Crippen molar-refractivity contribution in [2.45, 2.75) is 13.0 Å². The lowest BCUT2D eigenvalue weighted by Crippen LogP contribution is -2.12. The summed E-state index contributed by atoms with van der Waals surface area (Å²) in [5.41, 5.74) is 1.14. The zero-order valence-electron chi connectivity index (χ0n) is 12.9. The van der Waals surface area contributed by atoms with Crippen LogP contribution in [0.5, 0.6) is 11.5 Å². The molecule has 0 spiro atoms. The molecule has 9 heteroatoms. The zero-order chi connectivity index (χ0) is 17.3. The summed E-state index contributed by atoms with van der Waals surface area (Å²) in [6.07, 6.45) is 1.94. The molecule has 126 valence electrons. The number of aromatic nitrogens is 4. The number of aromatic amines is 1. The number of methoxy groups -OCH3 is 1. The number of nitrogens with one attached hydrogen (secondary N) is 1. The van der Waals surface area contributed by atoms with Gasteiger partial charge < -0.3 is 14.5 Å². The lowest BCUT2D eigenvalue weighted by molar-refractivity contribution is -0.0512. The van der Waals surface area contributed by atoms with Crippen LogP contribution in [0.4, 0.5) is 8.78 Å². The minimum atomic E-state index is -2.93. The number of nitrogens with zero attached hydrogens (tertiary/aromatic N) is 3. The summed E-state index contributed by atoms with van der Waals surface area (Å²) in [4.78, 5) is 19.0. The molecule has 3 rings (SSSR count). The quantitative estimate of drug-likeness (QED) is 0.769. The third kappa shape index (κ3) is 3.19. The summed E-state index contributed by atoms with van der Waals surface area (Å²) >= 11 is 0. The Labute approximate surface area is 134 Å². The maximum atomic E-state index is 12.3. The first-order valence-corrected chi connectivity index (χ1v) is 7.00. The molecule has 0 unspecified atom stereocenters. The molecule has 1 N–H and O–H groups in total. The van der Waals surface area contributed by atoms with E-state index in [-0.39, 0.29) is 22.6 Å². The number of hydrogen-bond donors (Lipinski definition) is 1. The van der Waals surface area contributed by atoms with Gasteiger partial charge in [0, 0.05) is 13.5 Å². The number of alkyl halides is 2. The first-order chi connectivity index (χ1) is 11.5. The SMILES string of the molecule is COc1cc(Cc2nc3cn(C)nc3c(=O)[nH]2)ccc1OC(F)F. The fraction of sp³-hybridized carbons (Fsp3) is 0.267. The second-order valence-corrected chi connectivity index (χ2v) is 5.09. The Kier molecular flexibility index (Phi) is 4.15. The van der Waals surface area contributed by atoms with Gasteiger partial charge in [-0.3, -0.25) is 9.48 Å². The summed E-state index contributed by atoms with van der Waals surface area (Å²) in [5, 5.41) is 4.03. The molecule has 0 aliphatic heterocycles. The Hall–Kier alpha value is -2.97. The Morgan fingerprint density at radius 2 is 2.12 bits per heavy atom. The number of hydrogen-bond acceptors (Lipinski definition) is 5. The highest BCUT2D eigenvalue weighted by molar-refractivity contribution is 5.71. The average Bonchev–Trinajstić information content (AvgIpc) is 2.89. The first-order valence-electron chi connectivity index (χ1n) is 7.00. The van der Waals surface area contributed by atoms with E-state index in [1.54, 1.807) is 25.4 Å². The van der Waals surface area contributed by atoms with Crippen LogP contribution in [0.1, 0.15) is 11.4 Å². The number of ether oxygens (including phenoxy) is 2. The van der Waals surface area contributed by atoms with Crippen molar-refractivity contribution in [2.24, 2.45) is 7.05 Å². The van der Waals surface area contributed by atoms with Crippen molar-refractivity contribution in [3.05, 3.63) is 46.1 Å². The molecule has 3 aromatic rings. The van der Waals surface area contributed by atoms with Crippen molar-refractivity contribution in [3.8, 4) is 11.5 Å². The maximum Gasteiger partial charge on any atom is 0.387 e. The molecule has 1 aromatic carbocycles. The first kappa shape index (κ1) is 15.9. The van der Waals surface area contributed by atoms with E-state index in [9.17, 15) is 13.6 Å². The van der Waals surface area contributed by atoms with Crippen molar-refractivity contribution < 1.29 is 18.3 Å². The van der Waals surface area contributed by atoms with Crippen LogP contribution in [-0.4, -0.2) is 33.5 Å². The smallest absolute Gasteiger partial charge is 0.387 e. The molecule has 0 radical (unpaired) electrons. The van der Waals surface area contributed by atoms with E-state index >= 15 is 0 Å². The third-order valence-corrected chi connectivity index (χ3v) is 3.35. The molecular weight excluding hydrogens is 322 g/mol. The number of rotatable bonds is 5. The van der Waals surface area contributed by atoms with Crippen molar-refractivity contribution in [1.29, 1.82) is 0 Å². The van der Waals surface area contributed by atoms with Gasteiger partial charge in [0.25, 0.3) is 5.56 Å². The lowest BCUT2D eigenvalue weighted by atomic mass is 10.1. The normalized spacial score (nSPS) is 11.2. The van der Waals surface area contributed by atoms with Crippen LogP contribution in [0.3, 0.4) is 0 Å². The van der Waals surface area contributed by atoms with Gasteiger partial charge in [-0.2, -0.15) is 13.9 Å². The molecular formula is C15H14F2N4O3. The van der Waals surface area contributed by atoms with Gasteiger partial charge in [0.2, 0.25) is 0 Å². The van der Waals surface area contributed by atoms with Gasteiger partial charge in [-0.1, -0.05) is 6.07 Å². The summed E-state index contributed by atoms with van der Waals surface area (Å²) in [6.45, 7) is -2.93. The molecule has 24 heavy (non-hydrogen) atoms. The van der Waals surface area contributed by atoms with Crippen LogP contribution in [0.2, 0.25) is 0 Å². The highest BCUT2D eigenvalue weighted by Gasteiger charge is 2.13. The average molecular weight is 336 g/mol. The van der Waals surface area contributed by atoms with Crippen LogP contribution in [0, 0.1) is 0 Å². The van der Waals surface area contributed by atoms with Crippen LogP contribution in [0.15, 0.2) is 29.2 Å². The van der Waals surface area contributed by atoms with Gasteiger partial charge in [0.15, 0.2) is 17.0 Å². The highest BCUT2D eigenvalue weighted by atomic mass is 19.3. The molecule has 0 aliphatic carbocycles. The van der Waals surface area contributed by atoms with E-state index in [1.807, 2.05) is 0 Å². The van der Waals surface area contributed by atoms with Crippen molar-refractivity contribution in [3.63, 3.8) is 0 Å². The van der Waals surface area contributed by atoms with Crippen LogP contribution < -0.4 is 15.0 Å². The predicted octanol–water partition coefficient (Wildman–Crippen LogP) is 1.86. The summed E-state index contributed by atoms with van der Waals surface area (Å²) in [5.74, 6) is 0.558. The Morgan fingerprint density at radius 1 is 1.33 bits per heavy atom. The molecule has 0 bridgehead atoms. The van der Waals surface area contributed by atoms with Gasteiger partial charge >= 0.3 is 6.61 Å². The van der Waals surface area contributed by atoms with Crippen LogP contribution in [0.25, 0.3) is 11.0 Å². The predicted molar refractivity (Wildman–Crippen MR) is 81.6 cm³/mol. The van der Waals surface area contributed by atoms with E-state index < -0.39 is 6.61 Å². The van der Waals surface area contributed by atoms with Crippen LogP contribution in [-0.2, 0) is 13.5 Å². The molecule has 0 saturated carbocycles. The van der Waals surface area contributed by atoms with Crippen molar-refractivity contribution in [1.82, 2.24) is 19.7 Å². The molecule has 2 aromatic heterocycles. The van der Waals surface area contributed by atoms with Gasteiger partial charge in [-0.15, -0.1) is 0 Å². The van der Waals surface area contributed by atoms with E-state index in [4.69, 9.17) is 4.74 Å². The number of halogens is 2. The topological polar surface area (TPSA) is 82.0 Å². The summed E-state index contributed by atoms with van der Waals surface area (Å²) in [6, 6.07) is 4.56. The van der Waals surface area contributed by atoms with Gasteiger partial charge in [0.05, 0.1) is 13.3 Å². The molecule has 7 nitrogen and oxygen atoms in total. The van der Waals surface area contributed by atoms with Gasteiger partial charge in [-0.05, 0) is 17.7 Å². The van der Waals surface area contributed by atoms with E-state index in [2.05, 4.69) is 19.8 Å². The Morgan fingerprint density at radius 3 is 2.83 bits per heavy atom. The molecule has 0 atom stereocenters. The number of H-pyrrole nitrogens is 1.